The van der Waals surface area contributed by atoms with Gasteiger partial charge in [0.25, 0.3) is 11.8 Å². The highest BCUT2D eigenvalue weighted by Crippen LogP contribution is 2.32. The molecule has 4 aromatic rings. The maximum absolute atomic E-state index is 13.8. The Hall–Kier alpha value is -4.91. The highest BCUT2D eigenvalue weighted by molar-refractivity contribution is 7.92. The van der Waals surface area contributed by atoms with Crippen molar-refractivity contribution in [3.05, 3.63) is 125 Å². The van der Waals surface area contributed by atoms with Gasteiger partial charge in [0.1, 0.15) is 0 Å². The van der Waals surface area contributed by atoms with Gasteiger partial charge in [0, 0.05) is 31.3 Å². The number of ether oxygens (including phenoxy) is 2. The maximum atomic E-state index is 13.8. The third-order valence-electron chi connectivity index (χ3n) is 8.15. The Balaban J connectivity index is 1.36. The van der Waals surface area contributed by atoms with Gasteiger partial charge in [0.2, 0.25) is 16.8 Å². The van der Waals surface area contributed by atoms with E-state index in [0.29, 0.717) is 24.5 Å². The van der Waals surface area contributed by atoms with Crippen LogP contribution in [0.25, 0.3) is 0 Å². The number of fused-ring (bicyclic) bond motifs is 1. The van der Waals surface area contributed by atoms with Crippen molar-refractivity contribution in [3.63, 3.8) is 0 Å². The minimum atomic E-state index is -3.71. The number of nitrogens with one attached hydrogen (secondary N) is 3. The second-order valence-electron chi connectivity index (χ2n) is 11.8. The van der Waals surface area contributed by atoms with E-state index in [1.807, 2.05) is 85.8 Å². The lowest BCUT2D eigenvalue weighted by Gasteiger charge is -2.25. The molecular formula is C36H40N4O7S. The molecular weight excluding hydrogens is 632 g/mol. The Morgan fingerprint density at radius 2 is 1.46 bits per heavy atom. The molecule has 0 bridgehead atoms. The Bertz CT molecular complexity index is 1840. The van der Waals surface area contributed by atoms with Gasteiger partial charge < -0.3 is 30.5 Å². The number of aliphatic hydroxyl groups excluding tert-OH is 1. The Morgan fingerprint density at radius 1 is 0.833 bits per heavy atom. The highest BCUT2D eigenvalue weighted by atomic mass is 32.2. The molecule has 0 fully saturated rings. The lowest BCUT2D eigenvalue weighted by molar-refractivity contribution is 0.0830. The van der Waals surface area contributed by atoms with Crippen molar-refractivity contribution in [2.75, 3.05) is 30.9 Å². The van der Waals surface area contributed by atoms with E-state index in [1.54, 1.807) is 0 Å². The number of aliphatic hydroxyl groups is 1. The average Bonchev–Trinajstić information content (AvgIpc) is 3.56. The standard InChI is InChI=1S/C36H40N4O7S/c1-24(27-12-8-5-9-13-27)38-35(42)28-18-29(20-30(19-28)40(2)48(3,44)45)36(43)39-31(16-25-10-6-4-7-11-25)32(41)22-37-21-26-14-15-33-34(17-26)47-23-46-33/h4-15,17-20,24,31-32,37,41H,16,21-23H2,1-3H3,(H,38,42)(H,39,43). The fraction of sp³-hybridized carbons (Fsp3) is 0.278. The van der Waals surface area contributed by atoms with Gasteiger partial charge in [-0.1, -0.05) is 66.7 Å². The topological polar surface area (TPSA) is 146 Å². The van der Waals surface area contributed by atoms with Crippen molar-refractivity contribution in [3.8, 4) is 11.5 Å². The lowest BCUT2D eigenvalue weighted by Crippen LogP contribution is -2.48. The molecule has 0 aliphatic carbocycles. The first-order valence-electron chi connectivity index (χ1n) is 15.5. The summed E-state index contributed by atoms with van der Waals surface area (Å²) >= 11 is 0. The van der Waals surface area contributed by atoms with E-state index in [-0.39, 0.29) is 36.2 Å². The van der Waals surface area contributed by atoms with Crippen LogP contribution in [0.5, 0.6) is 11.5 Å². The number of benzene rings is 4. The summed E-state index contributed by atoms with van der Waals surface area (Å²) in [5, 5.41) is 20.4. The average molecular weight is 673 g/mol. The largest absolute Gasteiger partial charge is 0.454 e. The van der Waals surface area contributed by atoms with Crippen LogP contribution in [0.3, 0.4) is 0 Å². The molecule has 4 aromatic carbocycles. The van der Waals surface area contributed by atoms with Crippen LogP contribution < -0.4 is 29.7 Å². The van der Waals surface area contributed by atoms with Crippen LogP contribution in [0, 0.1) is 0 Å². The van der Waals surface area contributed by atoms with Crippen molar-refractivity contribution in [2.45, 2.75) is 38.1 Å². The van der Waals surface area contributed by atoms with Crippen molar-refractivity contribution in [1.29, 1.82) is 0 Å². The number of hydrogen-bond donors (Lipinski definition) is 4. The van der Waals surface area contributed by atoms with Crippen molar-refractivity contribution in [1.82, 2.24) is 16.0 Å². The smallest absolute Gasteiger partial charge is 0.251 e. The summed E-state index contributed by atoms with van der Waals surface area (Å²) in [5.41, 5.74) is 3.05. The number of nitrogens with zero attached hydrogens (tertiary/aromatic N) is 1. The van der Waals surface area contributed by atoms with Crippen LogP contribution >= 0.6 is 0 Å². The molecule has 0 aromatic heterocycles. The number of rotatable bonds is 14. The molecule has 4 N–H and O–H groups in total. The molecule has 2 amide bonds. The second kappa shape index (κ2) is 15.3. The van der Waals surface area contributed by atoms with Gasteiger partial charge in [0.15, 0.2) is 11.5 Å². The number of anilines is 1. The van der Waals surface area contributed by atoms with Crippen molar-refractivity contribution < 1.29 is 32.6 Å². The summed E-state index contributed by atoms with van der Waals surface area (Å²) in [6.07, 6.45) is 0.365. The van der Waals surface area contributed by atoms with Gasteiger partial charge in [-0.05, 0) is 60.4 Å². The van der Waals surface area contributed by atoms with Crippen LogP contribution in [0.1, 0.15) is 50.4 Å². The zero-order chi connectivity index (χ0) is 34.3. The minimum Gasteiger partial charge on any atom is -0.454 e. The lowest BCUT2D eigenvalue weighted by atomic mass is 10.00. The van der Waals surface area contributed by atoms with Crippen LogP contribution in [0.2, 0.25) is 0 Å². The van der Waals surface area contributed by atoms with E-state index in [0.717, 1.165) is 27.3 Å². The summed E-state index contributed by atoms with van der Waals surface area (Å²) in [5.74, 6) is 0.301. The molecule has 3 unspecified atom stereocenters. The zero-order valence-corrected chi connectivity index (χ0v) is 27.9. The Morgan fingerprint density at radius 3 is 2.12 bits per heavy atom. The quantitative estimate of drug-likeness (QED) is 0.158. The number of carbonyl (C=O) groups excluding carboxylic acids is 2. The van der Waals surface area contributed by atoms with Crippen LogP contribution in [0.4, 0.5) is 5.69 Å². The van der Waals surface area contributed by atoms with Crippen LogP contribution in [-0.4, -0.2) is 64.1 Å². The SMILES string of the molecule is CC(NC(=O)c1cc(C(=O)NC(Cc2ccccc2)C(O)CNCc2ccc3c(c2)OCO3)cc(N(C)S(C)(=O)=O)c1)c1ccccc1. The van der Waals surface area contributed by atoms with E-state index in [9.17, 15) is 23.1 Å². The molecule has 0 spiro atoms. The number of sulfonamides is 1. The summed E-state index contributed by atoms with van der Waals surface area (Å²) in [4.78, 5) is 27.3. The summed E-state index contributed by atoms with van der Waals surface area (Å²) in [6, 6.07) is 27.7. The van der Waals surface area contributed by atoms with Gasteiger partial charge >= 0.3 is 0 Å². The monoisotopic (exact) mass is 672 g/mol. The summed E-state index contributed by atoms with van der Waals surface area (Å²) in [6.45, 7) is 2.62. The first-order chi connectivity index (χ1) is 23.0. The van der Waals surface area contributed by atoms with Crippen LogP contribution in [-0.2, 0) is 23.0 Å². The van der Waals surface area contributed by atoms with E-state index in [4.69, 9.17) is 9.47 Å². The zero-order valence-electron chi connectivity index (χ0n) is 27.1. The number of amides is 2. The third-order valence-corrected chi connectivity index (χ3v) is 9.36. The van der Waals surface area contributed by atoms with E-state index >= 15 is 0 Å². The van der Waals surface area contributed by atoms with Gasteiger partial charge in [-0.3, -0.25) is 13.9 Å². The third kappa shape index (κ3) is 8.91. The molecule has 3 atom stereocenters. The molecule has 0 radical (unpaired) electrons. The second-order valence-corrected chi connectivity index (χ2v) is 13.8. The highest BCUT2D eigenvalue weighted by Gasteiger charge is 2.25. The van der Waals surface area contributed by atoms with Crippen LogP contribution in [0.15, 0.2) is 97.1 Å². The fourth-order valence-corrected chi connectivity index (χ4v) is 5.80. The molecule has 1 aliphatic rings. The first kappa shape index (κ1) is 34.4. The molecule has 252 valence electrons. The van der Waals surface area contributed by atoms with E-state index in [2.05, 4.69) is 16.0 Å². The molecule has 1 heterocycles. The Labute approximate surface area is 280 Å². The van der Waals surface area contributed by atoms with Crippen molar-refractivity contribution in [2.24, 2.45) is 0 Å². The number of carbonyl (C=O) groups is 2. The fourth-order valence-electron chi connectivity index (χ4n) is 5.31. The molecule has 1 aliphatic heterocycles. The predicted octanol–water partition coefficient (Wildman–Crippen LogP) is 3.79. The van der Waals surface area contributed by atoms with Gasteiger partial charge in [-0.25, -0.2) is 8.42 Å². The predicted molar refractivity (Wildman–Crippen MR) is 184 cm³/mol. The van der Waals surface area contributed by atoms with E-state index in [1.165, 1.54) is 25.2 Å². The minimum absolute atomic E-state index is 0.0686. The van der Waals surface area contributed by atoms with Gasteiger partial charge in [-0.15, -0.1) is 0 Å². The molecule has 0 saturated heterocycles. The van der Waals surface area contributed by atoms with Gasteiger partial charge in [0.05, 0.1) is 30.1 Å². The first-order valence-corrected chi connectivity index (χ1v) is 17.4. The van der Waals surface area contributed by atoms with Crippen molar-refractivity contribution >= 4 is 27.5 Å². The summed E-state index contributed by atoms with van der Waals surface area (Å²) < 4.78 is 36.8. The molecule has 12 heteroatoms. The molecule has 48 heavy (non-hydrogen) atoms. The number of hydrogen-bond acceptors (Lipinski definition) is 8. The van der Waals surface area contributed by atoms with E-state index < -0.39 is 34.0 Å². The maximum Gasteiger partial charge on any atom is 0.251 e. The Kier molecular flexibility index (Phi) is 11.0. The molecule has 0 saturated carbocycles. The normalized spacial score (nSPS) is 14.1. The van der Waals surface area contributed by atoms with Gasteiger partial charge in [-0.2, -0.15) is 0 Å². The molecule has 11 nitrogen and oxygen atoms in total. The molecule has 5 rings (SSSR count). The summed E-state index contributed by atoms with van der Waals surface area (Å²) in [7, 11) is -2.36.